The van der Waals surface area contributed by atoms with Gasteiger partial charge in [0, 0.05) is 6.61 Å². The van der Waals surface area contributed by atoms with Gasteiger partial charge in [0.15, 0.2) is 6.10 Å². The molecule has 0 spiro atoms. The highest BCUT2D eigenvalue weighted by molar-refractivity contribution is 5.91. The summed E-state index contributed by atoms with van der Waals surface area (Å²) in [5.74, 6) is -4.65. The van der Waals surface area contributed by atoms with Crippen molar-refractivity contribution in [1.29, 1.82) is 0 Å². The van der Waals surface area contributed by atoms with E-state index in [4.69, 9.17) is 14.9 Å². The molecule has 0 aliphatic heterocycles. The van der Waals surface area contributed by atoms with Gasteiger partial charge in [0.1, 0.15) is 6.61 Å². The average Bonchev–Trinajstić information content (AvgIpc) is 2.31. The maximum atomic E-state index is 11.6. The van der Waals surface area contributed by atoms with E-state index in [9.17, 15) is 19.5 Å². The number of aliphatic carboxylic acids is 2. The van der Waals surface area contributed by atoms with Gasteiger partial charge < -0.3 is 24.8 Å². The highest BCUT2D eigenvalue weighted by Crippen LogP contribution is 2.21. The first-order valence-corrected chi connectivity index (χ1v) is 5.36. The molecule has 108 valence electrons. The smallest absolute Gasteiger partial charge is 0.339 e. The summed E-state index contributed by atoms with van der Waals surface area (Å²) < 4.78 is 9.41. The predicted molar refractivity (Wildman–Crippen MR) is 61.4 cm³/mol. The Labute approximate surface area is 109 Å². The van der Waals surface area contributed by atoms with Crippen LogP contribution < -0.4 is 0 Å². The quantitative estimate of drug-likeness (QED) is 0.376. The number of carbonyl (C=O) groups is 3. The number of ether oxygens (including phenoxy) is 2. The molecule has 0 fully saturated rings. The van der Waals surface area contributed by atoms with Crippen molar-refractivity contribution in [3.05, 3.63) is 12.7 Å². The lowest BCUT2D eigenvalue weighted by atomic mass is 9.92. The molecule has 0 aromatic heterocycles. The Hall–Kier alpha value is -1.93. The number of hydrogen-bond acceptors (Lipinski definition) is 6. The highest BCUT2D eigenvalue weighted by atomic mass is 16.6. The van der Waals surface area contributed by atoms with Gasteiger partial charge in [0.05, 0.1) is 6.42 Å². The van der Waals surface area contributed by atoms with Crippen molar-refractivity contribution in [2.45, 2.75) is 25.0 Å². The third-order valence-corrected chi connectivity index (χ3v) is 2.12. The van der Waals surface area contributed by atoms with Crippen LogP contribution >= 0.6 is 0 Å². The SMILES string of the molecule is C=CCOC(=O)C(OCC)C(O)(CC(=O)O)C(=O)O. The van der Waals surface area contributed by atoms with Gasteiger partial charge in [0.2, 0.25) is 5.60 Å². The van der Waals surface area contributed by atoms with Crippen molar-refractivity contribution < 1.29 is 39.2 Å². The molecule has 8 heteroatoms. The monoisotopic (exact) mass is 276 g/mol. The molecule has 0 saturated heterocycles. The summed E-state index contributed by atoms with van der Waals surface area (Å²) in [7, 11) is 0. The zero-order chi connectivity index (χ0) is 15.1. The second kappa shape index (κ2) is 7.49. The van der Waals surface area contributed by atoms with E-state index < -0.39 is 36.0 Å². The lowest BCUT2D eigenvalue weighted by molar-refractivity contribution is -0.195. The van der Waals surface area contributed by atoms with Crippen LogP contribution in [0.3, 0.4) is 0 Å². The molecule has 3 N–H and O–H groups in total. The predicted octanol–water partition coefficient (Wildman–Crippen LogP) is -0.589. The Morgan fingerprint density at radius 1 is 1.37 bits per heavy atom. The molecule has 2 unspecified atom stereocenters. The molecule has 0 bridgehead atoms. The average molecular weight is 276 g/mol. The molecule has 0 rings (SSSR count). The Morgan fingerprint density at radius 2 is 1.95 bits per heavy atom. The van der Waals surface area contributed by atoms with E-state index in [2.05, 4.69) is 11.3 Å². The number of carboxylic acids is 2. The molecule has 19 heavy (non-hydrogen) atoms. The number of aliphatic hydroxyl groups is 1. The number of carbonyl (C=O) groups excluding carboxylic acids is 1. The number of esters is 1. The largest absolute Gasteiger partial charge is 0.481 e. The second-order valence-corrected chi connectivity index (χ2v) is 3.55. The van der Waals surface area contributed by atoms with Crippen molar-refractivity contribution in [3.63, 3.8) is 0 Å². The van der Waals surface area contributed by atoms with E-state index in [1.54, 1.807) is 0 Å². The Balaban J connectivity index is 5.26. The van der Waals surface area contributed by atoms with Gasteiger partial charge in [0.25, 0.3) is 0 Å². The Morgan fingerprint density at radius 3 is 2.32 bits per heavy atom. The van der Waals surface area contributed by atoms with Crippen LogP contribution in [-0.4, -0.2) is 58.1 Å². The first-order valence-electron chi connectivity index (χ1n) is 5.36. The molecule has 0 amide bonds. The fourth-order valence-electron chi connectivity index (χ4n) is 1.30. The summed E-state index contributed by atoms with van der Waals surface area (Å²) in [6.07, 6.45) is -1.90. The van der Waals surface area contributed by atoms with Crippen LogP contribution in [0.4, 0.5) is 0 Å². The van der Waals surface area contributed by atoms with Gasteiger partial charge in [-0.05, 0) is 6.92 Å². The fraction of sp³-hybridized carbons (Fsp3) is 0.545. The Kier molecular flexibility index (Phi) is 6.73. The van der Waals surface area contributed by atoms with Crippen molar-refractivity contribution in [2.75, 3.05) is 13.2 Å². The highest BCUT2D eigenvalue weighted by Gasteiger charge is 2.51. The molecule has 0 heterocycles. The molecule has 8 nitrogen and oxygen atoms in total. The number of carboxylic acid groups (broad SMARTS) is 2. The van der Waals surface area contributed by atoms with Crippen LogP contribution in [0, 0.1) is 0 Å². The third-order valence-electron chi connectivity index (χ3n) is 2.12. The van der Waals surface area contributed by atoms with Crippen LogP contribution in [0.1, 0.15) is 13.3 Å². The maximum Gasteiger partial charge on any atom is 0.339 e. The van der Waals surface area contributed by atoms with Crippen LogP contribution in [0.2, 0.25) is 0 Å². The minimum Gasteiger partial charge on any atom is -0.481 e. The standard InChI is InChI=1S/C11H16O8/c1-3-5-19-9(14)8(18-4-2)11(17,10(15)16)6-7(12)13/h3,8,17H,1,4-6H2,2H3,(H,12,13)(H,15,16). The molecule has 0 saturated carbocycles. The molecule has 0 aromatic carbocycles. The molecule has 0 aliphatic carbocycles. The molecule has 0 aromatic rings. The topological polar surface area (TPSA) is 130 Å². The summed E-state index contributed by atoms with van der Waals surface area (Å²) >= 11 is 0. The first kappa shape index (κ1) is 17.1. The molecular formula is C11H16O8. The number of hydrogen-bond donors (Lipinski definition) is 3. The van der Waals surface area contributed by atoms with Crippen LogP contribution in [0.25, 0.3) is 0 Å². The van der Waals surface area contributed by atoms with E-state index in [-0.39, 0.29) is 13.2 Å². The van der Waals surface area contributed by atoms with Crippen molar-refractivity contribution >= 4 is 17.9 Å². The molecule has 0 aliphatic rings. The third kappa shape index (κ3) is 4.68. The van der Waals surface area contributed by atoms with Gasteiger partial charge in [-0.1, -0.05) is 12.7 Å². The summed E-state index contributed by atoms with van der Waals surface area (Å²) in [5, 5.41) is 27.4. The van der Waals surface area contributed by atoms with Gasteiger partial charge >= 0.3 is 17.9 Å². The first-order chi connectivity index (χ1) is 8.79. The van der Waals surface area contributed by atoms with Crippen LogP contribution in [-0.2, 0) is 23.9 Å². The van der Waals surface area contributed by atoms with Crippen LogP contribution in [0.15, 0.2) is 12.7 Å². The van der Waals surface area contributed by atoms with Gasteiger partial charge in [-0.2, -0.15) is 0 Å². The zero-order valence-electron chi connectivity index (χ0n) is 10.4. The summed E-state index contributed by atoms with van der Waals surface area (Å²) in [6, 6.07) is 0. The minimum atomic E-state index is -2.90. The lowest BCUT2D eigenvalue weighted by Gasteiger charge is -2.29. The Bertz CT molecular complexity index is 364. The maximum absolute atomic E-state index is 11.6. The normalized spacial score (nSPS) is 15.1. The van der Waals surface area contributed by atoms with Crippen molar-refractivity contribution in [1.82, 2.24) is 0 Å². The second-order valence-electron chi connectivity index (χ2n) is 3.55. The summed E-state index contributed by atoms with van der Waals surface area (Å²) in [5.41, 5.74) is -2.90. The van der Waals surface area contributed by atoms with Crippen molar-refractivity contribution in [3.8, 4) is 0 Å². The van der Waals surface area contributed by atoms with E-state index in [1.165, 1.54) is 13.0 Å². The fourth-order valence-corrected chi connectivity index (χ4v) is 1.30. The molecule has 2 atom stereocenters. The van der Waals surface area contributed by atoms with Gasteiger partial charge in [-0.3, -0.25) is 4.79 Å². The molecule has 0 radical (unpaired) electrons. The van der Waals surface area contributed by atoms with E-state index in [0.717, 1.165) is 0 Å². The van der Waals surface area contributed by atoms with Gasteiger partial charge in [-0.25, -0.2) is 9.59 Å². The minimum absolute atomic E-state index is 0.108. The summed E-state index contributed by atoms with van der Waals surface area (Å²) in [6.45, 7) is 4.42. The summed E-state index contributed by atoms with van der Waals surface area (Å²) in [4.78, 5) is 33.3. The lowest BCUT2D eigenvalue weighted by Crippen LogP contribution is -2.56. The van der Waals surface area contributed by atoms with E-state index in [0.29, 0.717) is 0 Å². The van der Waals surface area contributed by atoms with Crippen LogP contribution in [0.5, 0.6) is 0 Å². The zero-order valence-corrected chi connectivity index (χ0v) is 10.4. The van der Waals surface area contributed by atoms with Crippen molar-refractivity contribution in [2.24, 2.45) is 0 Å². The van der Waals surface area contributed by atoms with E-state index >= 15 is 0 Å². The van der Waals surface area contributed by atoms with Gasteiger partial charge in [-0.15, -0.1) is 0 Å². The molecular weight excluding hydrogens is 260 g/mol. The number of rotatable bonds is 9. The van der Waals surface area contributed by atoms with E-state index in [1.807, 2.05) is 0 Å².